The van der Waals surface area contributed by atoms with E-state index in [0.717, 1.165) is 36.1 Å². The van der Waals surface area contributed by atoms with Crippen molar-refractivity contribution in [1.29, 1.82) is 0 Å². The molecule has 2 nitrogen and oxygen atoms in total. The summed E-state index contributed by atoms with van der Waals surface area (Å²) < 4.78 is 37.7. The minimum atomic E-state index is -4.34. The van der Waals surface area contributed by atoms with Gasteiger partial charge in [-0.25, -0.2) is 4.99 Å². The number of hydrogen-bond acceptors (Lipinski definition) is 2. The standard InChI is InChI=1S/C18H23F3N2/c1-5-7-12(3)16(6-2)17(22)23-13(4)14-8-10-15(11-9-14)18(19,20)21/h8-11H,3,5-7,22H2,1-2,4H3/b17-16-,23-13+. The summed E-state index contributed by atoms with van der Waals surface area (Å²) in [6, 6.07) is 4.90. The molecule has 1 rings (SSSR count). The summed E-state index contributed by atoms with van der Waals surface area (Å²) in [5.74, 6) is 0.378. The van der Waals surface area contributed by atoms with Crippen LogP contribution in [0.2, 0.25) is 0 Å². The second-order valence-corrected chi connectivity index (χ2v) is 5.34. The van der Waals surface area contributed by atoms with Crippen molar-refractivity contribution in [2.75, 3.05) is 0 Å². The first-order valence-corrected chi connectivity index (χ1v) is 7.60. The summed E-state index contributed by atoms with van der Waals surface area (Å²) in [5, 5.41) is 0. The molecular weight excluding hydrogens is 301 g/mol. The molecule has 0 aliphatic heterocycles. The largest absolute Gasteiger partial charge is 0.416 e. The topological polar surface area (TPSA) is 38.4 Å². The lowest BCUT2D eigenvalue weighted by molar-refractivity contribution is -0.137. The van der Waals surface area contributed by atoms with Crippen LogP contribution in [0, 0.1) is 0 Å². The van der Waals surface area contributed by atoms with Gasteiger partial charge in [0.25, 0.3) is 0 Å². The van der Waals surface area contributed by atoms with E-state index in [1.807, 2.05) is 6.92 Å². The maximum atomic E-state index is 12.6. The van der Waals surface area contributed by atoms with Gasteiger partial charge in [0.15, 0.2) is 0 Å². The molecule has 0 heterocycles. The van der Waals surface area contributed by atoms with Crippen molar-refractivity contribution in [3.8, 4) is 0 Å². The van der Waals surface area contributed by atoms with Gasteiger partial charge in [-0.2, -0.15) is 13.2 Å². The van der Waals surface area contributed by atoms with Gasteiger partial charge >= 0.3 is 6.18 Å². The van der Waals surface area contributed by atoms with Crippen molar-refractivity contribution in [3.05, 3.63) is 58.9 Å². The third kappa shape index (κ3) is 5.27. The highest BCUT2D eigenvalue weighted by Crippen LogP contribution is 2.29. The quantitative estimate of drug-likeness (QED) is 0.548. The number of halogens is 3. The Balaban J connectivity index is 3.09. The monoisotopic (exact) mass is 324 g/mol. The van der Waals surface area contributed by atoms with Gasteiger partial charge < -0.3 is 5.73 Å². The molecule has 0 saturated carbocycles. The number of benzene rings is 1. The van der Waals surface area contributed by atoms with E-state index in [0.29, 0.717) is 23.5 Å². The Bertz CT molecular complexity index is 608. The second-order valence-electron chi connectivity index (χ2n) is 5.34. The third-order valence-corrected chi connectivity index (χ3v) is 3.56. The van der Waals surface area contributed by atoms with E-state index in [-0.39, 0.29) is 0 Å². The molecule has 0 amide bonds. The Hall–Kier alpha value is -2.04. The predicted octanol–water partition coefficient (Wildman–Crippen LogP) is 5.45. The molecule has 0 bridgehead atoms. The van der Waals surface area contributed by atoms with Crippen LogP contribution in [-0.4, -0.2) is 5.71 Å². The fourth-order valence-electron chi connectivity index (χ4n) is 2.28. The molecule has 2 N–H and O–H groups in total. The highest BCUT2D eigenvalue weighted by Gasteiger charge is 2.29. The number of rotatable bonds is 6. The first-order chi connectivity index (χ1) is 10.7. The Morgan fingerprint density at radius 2 is 1.74 bits per heavy atom. The van der Waals surface area contributed by atoms with Gasteiger partial charge in [0, 0.05) is 5.71 Å². The number of alkyl halides is 3. The van der Waals surface area contributed by atoms with Crippen LogP contribution in [0.15, 0.2) is 52.8 Å². The second kappa shape index (κ2) is 7.99. The van der Waals surface area contributed by atoms with Gasteiger partial charge in [-0.1, -0.05) is 39.0 Å². The van der Waals surface area contributed by atoms with Crippen LogP contribution in [0.4, 0.5) is 13.2 Å². The van der Waals surface area contributed by atoms with E-state index in [2.05, 4.69) is 18.5 Å². The minimum absolute atomic E-state index is 0.378. The molecule has 0 aromatic heterocycles. The first-order valence-electron chi connectivity index (χ1n) is 7.60. The molecule has 1 aromatic rings. The van der Waals surface area contributed by atoms with Crippen LogP contribution >= 0.6 is 0 Å². The Kier molecular flexibility index (Phi) is 6.61. The van der Waals surface area contributed by atoms with Gasteiger partial charge in [-0.15, -0.1) is 0 Å². The Morgan fingerprint density at radius 3 is 2.17 bits per heavy atom. The molecule has 126 valence electrons. The summed E-state index contributed by atoms with van der Waals surface area (Å²) in [4.78, 5) is 4.35. The average Bonchev–Trinajstić information content (AvgIpc) is 2.47. The molecule has 0 aliphatic carbocycles. The molecule has 0 unspecified atom stereocenters. The maximum absolute atomic E-state index is 12.6. The smallest absolute Gasteiger partial charge is 0.383 e. The van der Waals surface area contributed by atoms with Crippen molar-refractivity contribution >= 4 is 5.71 Å². The van der Waals surface area contributed by atoms with Crippen LogP contribution < -0.4 is 5.73 Å². The summed E-state index contributed by atoms with van der Waals surface area (Å²) in [6.07, 6.45) is -1.81. The zero-order valence-electron chi connectivity index (χ0n) is 13.8. The van der Waals surface area contributed by atoms with Gasteiger partial charge in [0.2, 0.25) is 0 Å². The number of aliphatic imine (C=N–C) groups is 1. The van der Waals surface area contributed by atoms with Crippen LogP contribution in [-0.2, 0) is 6.18 Å². The predicted molar refractivity (Wildman–Crippen MR) is 89.2 cm³/mol. The fourth-order valence-corrected chi connectivity index (χ4v) is 2.28. The fraction of sp³-hybridized carbons (Fsp3) is 0.389. The molecule has 1 aromatic carbocycles. The molecule has 5 heteroatoms. The maximum Gasteiger partial charge on any atom is 0.416 e. The molecule has 23 heavy (non-hydrogen) atoms. The zero-order valence-corrected chi connectivity index (χ0v) is 13.8. The zero-order chi connectivity index (χ0) is 17.6. The van der Waals surface area contributed by atoms with Crippen LogP contribution in [0.1, 0.15) is 51.2 Å². The van der Waals surface area contributed by atoms with Crippen LogP contribution in [0.3, 0.4) is 0 Å². The van der Waals surface area contributed by atoms with Gasteiger partial charge in [-0.05, 0) is 48.6 Å². The van der Waals surface area contributed by atoms with E-state index in [4.69, 9.17) is 5.73 Å². The summed E-state index contributed by atoms with van der Waals surface area (Å²) >= 11 is 0. The molecule has 0 fully saturated rings. The lowest BCUT2D eigenvalue weighted by atomic mass is 10.0. The Morgan fingerprint density at radius 1 is 1.17 bits per heavy atom. The van der Waals surface area contributed by atoms with E-state index in [9.17, 15) is 13.2 Å². The third-order valence-electron chi connectivity index (χ3n) is 3.56. The lowest BCUT2D eigenvalue weighted by Gasteiger charge is -2.11. The number of nitrogens with zero attached hydrogens (tertiary/aromatic N) is 1. The molecule has 0 spiro atoms. The highest BCUT2D eigenvalue weighted by molar-refractivity contribution is 5.99. The molecule has 0 saturated heterocycles. The lowest BCUT2D eigenvalue weighted by Crippen LogP contribution is -2.07. The van der Waals surface area contributed by atoms with Crippen molar-refractivity contribution < 1.29 is 13.2 Å². The molecule has 0 atom stereocenters. The molecular formula is C18H23F3N2. The number of allylic oxidation sites excluding steroid dienone is 2. The summed E-state index contributed by atoms with van der Waals surface area (Å²) in [6.45, 7) is 9.79. The number of nitrogens with two attached hydrogens (primary N) is 1. The van der Waals surface area contributed by atoms with E-state index in [1.54, 1.807) is 6.92 Å². The first kappa shape index (κ1) is 19.0. The van der Waals surface area contributed by atoms with Crippen molar-refractivity contribution in [3.63, 3.8) is 0 Å². The van der Waals surface area contributed by atoms with Gasteiger partial charge in [0.1, 0.15) is 5.82 Å². The van der Waals surface area contributed by atoms with Crippen LogP contribution in [0.5, 0.6) is 0 Å². The van der Waals surface area contributed by atoms with Crippen LogP contribution in [0.25, 0.3) is 0 Å². The highest BCUT2D eigenvalue weighted by atomic mass is 19.4. The van der Waals surface area contributed by atoms with E-state index in [1.165, 1.54) is 12.1 Å². The minimum Gasteiger partial charge on any atom is -0.383 e. The van der Waals surface area contributed by atoms with Crippen molar-refractivity contribution in [1.82, 2.24) is 0 Å². The SMILES string of the molecule is C=C(CCC)/C(CC)=C(N)\N=C(/C)c1ccc(C(F)(F)F)cc1. The van der Waals surface area contributed by atoms with Crippen molar-refractivity contribution in [2.24, 2.45) is 10.7 Å². The Labute approximate surface area is 135 Å². The summed E-state index contributed by atoms with van der Waals surface area (Å²) in [7, 11) is 0. The average molecular weight is 324 g/mol. The van der Waals surface area contributed by atoms with E-state index >= 15 is 0 Å². The van der Waals surface area contributed by atoms with Gasteiger partial charge in [-0.3, -0.25) is 0 Å². The van der Waals surface area contributed by atoms with Crippen molar-refractivity contribution in [2.45, 2.75) is 46.2 Å². The molecule has 0 aliphatic rings. The molecule has 0 radical (unpaired) electrons. The van der Waals surface area contributed by atoms with E-state index < -0.39 is 11.7 Å². The summed E-state index contributed by atoms with van der Waals surface area (Å²) in [5.41, 5.74) is 8.41. The normalized spacial score (nSPS) is 13.7. The number of hydrogen-bond donors (Lipinski definition) is 1. The van der Waals surface area contributed by atoms with Gasteiger partial charge in [0.05, 0.1) is 5.56 Å².